The van der Waals surface area contributed by atoms with E-state index in [-0.39, 0.29) is 21.8 Å². The van der Waals surface area contributed by atoms with Crippen LogP contribution in [0.3, 0.4) is 0 Å². The number of hydrogen-bond donors (Lipinski definition) is 1. The van der Waals surface area contributed by atoms with Gasteiger partial charge in [0, 0.05) is 16.3 Å². The van der Waals surface area contributed by atoms with Crippen LogP contribution in [-0.4, -0.2) is 18.5 Å². The Hall–Kier alpha value is -3.36. The molecule has 31 heavy (non-hydrogen) atoms. The van der Waals surface area contributed by atoms with Gasteiger partial charge >= 0.3 is 5.97 Å². The number of rotatable bonds is 5. The highest BCUT2D eigenvalue weighted by molar-refractivity contribution is 7.15. The van der Waals surface area contributed by atoms with Crippen LogP contribution < -0.4 is 10.1 Å². The number of benzene rings is 2. The van der Waals surface area contributed by atoms with E-state index in [2.05, 4.69) is 5.32 Å². The first-order chi connectivity index (χ1) is 15.0. The van der Waals surface area contributed by atoms with Gasteiger partial charge in [-0.1, -0.05) is 41.7 Å². The number of ether oxygens (including phenoxy) is 1. The van der Waals surface area contributed by atoms with Crippen molar-refractivity contribution in [3.8, 4) is 11.1 Å². The molecule has 156 valence electrons. The number of nitrogens with one attached hydrogen (secondary N) is 1. The number of thiophene rings is 1. The number of carbonyl (C=O) groups excluding carboxylic acids is 2. The lowest BCUT2D eigenvalue weighted by Crippen LogP contribution is -2.15. The Balaban J connectivity index is 1.72. The summed E-state index contributed by atoms with van der Waals surface area (Å²) < 4.78 is 18.3. The maximum Gasteiger partial charge on any atom is 0.341 e. The zero-order valence-corrected chi connectivity index (χ0v) is 17.9. The van der Waals surface area contributed by atoms with Crippen LogP contribution in [0.2, 0.25) is 0 Å². The molecule has 2 heterocycles. The Morgan fingerprint density at radius 1 is 1.10 bits per heavy atom. The van der Waals surface area contributed by atoms with Crippen molar-refractivity contribution in [2.45, 2.75) is 6.92 Å². The highest BCUT2D eigenvalue weighted by Crippen LogP contribution is 2.36. The molecule has 0 radical (unpaired) electrons. The van der Waals surface area contributed by atoms with Gasteiger partial charge in [0.2, 0.25) is 4.74 Å². The molecule has 2 aromatic heterocycles. The first-order valence-corrected chi connectivity index (χ1v) is 11.1. The molecular formula is C23H16FNO4S2. The molecular weight excluding hydrogens is 437 g/mol. The van der Waals surface area contributed by atoms with E-state index >= 15 is 0 Å². The quantitative estimate of drug-likeness (QED) is 0.402. The lowest BCUT2D eigenvalue weighted by Gasteiger charge is -2.09. The van der Waals surface area contributed by atoms with E-state index in [1.54, 1.807) is 54.8 Å². The van der Waals surface area contributed by atoms with Crippen LogP contribution in [0.1, 0.15) is 27.0 Å². The van der Waals surface area contributed by atoms with Crippen LogP contribution in [0.4, 0.5) is 9.39 Å². The summed E-state index contributed by atoms with van der Waals surface area (Å²) >= 11 is 2.00. The average molecular weight is 454 g/mol. The van der Waals surface area contributed by atoms with Crippen molar-refractivity contribution >= 4 is 50.3 Å². The second-order valence-corrected chi connectivity index (χ2v) is 8.41. The van der Waals surface area contributed by atoms with Crippen LogP contribution >= 0.6 is 22.7 Å². The minimum atomic E-state index is -0.593. The van der Waals surface area contributed by atoms with Gasteiger partial charge in [-0.2, -0.15) is 0 Å². The van der Waals surface area contributed by atoms with E-state index in [1.807, 2.05) is 0 Å². The summed E-state index contributed by atoms with van der Waals surface area (Å²) in [5, 5.41) is 5.96. The molecule has 8 heteroatoms. The van der Waals surface area contributed by atoms with Gasteiger partial charge in [-0.25, -0.2) is 9.18 Å². The molecule has 0 fully saturated rings. The van der Waals surface area contributed by atoms with Gasteiger partial charge in [-0.05, 0) is 42.1 Å². The van der Waals surface area contributed by atoms with Gasteiger partial charge in [0.05, 0.1) is 11.5 Å². The van der Waals surface area contributed by atoms with Gasteiger partial charge in [0.15, 0.2) is 0 Å². The van der Waals surface area contributed by atoms with Crippen molar-refractivity contribution in [2.75, 3.05) is 11.9 Å². The molecule has 4 rings (SSSR count). The number of anilines is 1. The maximum absolute atomic E-state index is 13.3. The Labute approximate surface area is 184 Å². The smallest absolute Gasteiger partial charge is 0.341 e. The molecule has 2 aromatic carbocycles. The third kappa shape index (κ3) is 4.26. The normalized spacial score (nSPS) is 10.8. The number of esters is 1. The predicted octanol–water partition coefficient (Wildman–Crippen LogP) is 5.56. The highest BCUT2D eigenvalue weighted by Gasteiger charge is 2.23. The Bertz CT molecular complexity index is 1340. The van der Waals surface area contributed by atoms with Crippen molar-refractivity contribution in [3.63, 3.8) is 0 Å². The van der Waals surface area contributed by atoms with Crippen LogP contribution in [0.15, 0.2) is 64.8 Å². The summed E-state index contributed by atoms with van der Waals surface area (Å²) in [7, 11) is 0. The molecule has 0 aliphatic rings. The summed E-state index contributed by atoms with van der Waals surface area (Å²) in [5.41, 5.74) is 1.35. The number of halogens is 1. The minimum Gasteiger partial charge on any atom is -0.462 e. The molecule has 5 nitrogen and oxygen atoms in total. The standard InChI is InChI=1S/C23H16FNO4S2/c1-2-29-22(27)19-17(13-7-9-15(24)10-8-13)12-30-21(19)25-20(26)18-11-14-5-3-4-6-16(14)23(28)31-18/h3-12H,2H2,1H3,(H,25,26). The average Bonchev–Trinajstić information content (AvgIpc) is 3.18. The van der Waals surface area contributed by atoms with Gasteiger partial charge in [0.25, 0.3) is 5.91 Å². The van der Waals surface area contributed by atoms with E-state index in [9.17, 15) is 18.8 Å². The molecule has 0 saturated carbocycles. The van der Waals surface area contributed by atoms with Gasteiger partial charge < -0.3 is 10.1 Å². The largest absolute Gasteiger partial charge is 0.462 e. The Morgan fingerprint density at radius 2 is 1.84 bits per heavy atom. The van der Waals surface area contributed by atoms with E-state index in [0.717, 1.165) is 22.7 Å². The van der Waals surface area contributed by atoms with Crippen molar-refractivity contribution in [2.24, 2.45) is 0 Å². The zero-order chi connectivity index (χ0) is 22.0. The lowest BCUT2D eigenvalue weighted by atomic mass is 10.0. The maximum atomic E-state index is 13.3. The molecule has 0 spiro atoms. The zero-order valence-electron chi connectivity index (χ0n) is 16.3. The number of hydrogen-bond acceptors (Lipinski definition) is 6. The molecule has 0 aliphatic heterocycles. The SMILES string of the molecule is CCOC(=O)c1c(-c2ccc(F)cc2)csc1NC(=O)c1cc2ccccc2c(=O)s1. The summed E-state index contributed by atoms with van der Waals surface area (Å²) in [4.78, 5) is 38.1. The third-order valence-corrected chi connectivity index (χ3v) is 6.37. The molecule has 0 saturated heterocycles. The van der Waals surface area contributed by atoms with E-state index in [4.69, 9.17) is 4.74 Å². The fourth-order valence-corrected chi connectivity index (χ4v) is 4.89. The Morgan fingerprint density at radius 3 is 2.58 bits per heavy atom. The second-order valence-electron chi connectivity index (χ2n) is 6.52. The van der Waals surface area contributed by atoms with Gasteiger partial charge in [-0.15, -0.1) is 11.3 Å². The molecule has 0 atom stereocenters. The van der Waals surface area contributed by atoms with E-state index in [1.165, 1.54) is 12.1 Å². The molecule has 0 unspecified atom stereocenters. The number of fused-ring (bicyclic) bond motifs is 1. The van der Waals surface area contributed by atoms with Crippen LogP contribution in [0.25, 0.3) is 21.9 Å². The highest BCUT2D eigenvalue weighted by atomic mass is 32.1. The topological polar surface area (TPSA) is 72.5 Å². The van der Waals surface area contributed by atoms with Crippen molar-refractivity contribution in [3.05, 3.63) is 85.8 Å². The van der Waals surface area contributed by atoms with E-state index in [0.29, 0.717) is 26.9 Å². The van der Waals surface area contributed by atoms with Crippen LogP contribution in [0.5, 0.6) is 0 Å². The fourth-order valence-electron chi connectivity index (χ4n) is 3.11. The molecule has 4 aromatic rings. The lowest BCUT2D eigenvalue weighted by molar-refractivity contribution is 0.0529. The summed E-state index contributed by atoms with van der Waals surface area (Å²) in [6, 6.07) is 14.4. The first kappa shape index (κ1) is 20.9. The van der Waals surface area contributed by atoms with Gasteiger partial charge in [0.1, 0.15) is 16.4 Å². The summed E-state index contributed by atoms with van der Waals surface area (Å²) in [6.45, 7) is 1.85. The molecule has 0 bridgehead atoms. The monoisotopic (exact) mass is 453 g/mol. The van der Waals surface area contributed by atoms with Crippen LogP contribution in [-0.2, 0) is 4.74 Å². The minimum absolute atomic E-state index is 0.164. The Kier molecular flexibility index (Phi) is 5.92. The fraction of sp³-hybridized carbons (Fsp3) is 0.0870. The van der Waals surface area contributed by atoms with Crippen molar-refractivity contribution in [1.29, 1.82) is 0 Å². The van der Waals surface area contributed by atoms with Crippen molar-refractivity contribution < 1.29 is 18.7 Å². The summed E-state index contributed by atoms with van der Waals surface area (Å²) in [6.07, 6.45) is 0. The first-order valence-electron chi connectivity index (χ1n) is 9.36. The molecule has 0 aliphatic carbocycles. The van der Waals surface area contributed by atoms with Crippen LogP contribution in [0, 0.1) is 5.82 Å². The van der Waals surface area contributed by atoms with E-state index < -0.39 is 17.7 Å². The molecule has 1 N–H and O–H groups in total. The number of amides is 1. The predicted molar refractivity (Wildman–Crippen MR) is 122 cm³/mol. The number of carbonyl (C=O) groups is 2. The third-order valence-electron chi connectivity index (χ3n) is 4.55. The van der Waals surface area contributed by atoms with Gasteiger partial charge in [-0.3, -0.25) is 9.59 Å². The van der Waals surface area contributed by atoms with Crippen molar-refractivity contribution in [1.82, 2.24) is 0 Å². The summed E-state index contributed by atoms with van der Waals surface area (Å²) in [5.74, 6) is -1.48. The second kappa shape index (κ2) is 8.79. The molecule has 1 amide bonds.